The molecule has 3 aromatic heterocycles. The Labute approximate surface area is 220 Å². The molecule has 1 fully saturated rings. The Hall–Kier alpha value is -3.94. The summed E-state index contributed by atoms with van der Waals surface area (Å²) in [5, 5.41) is 1.94. The SMILES string of the molecule is O=C(Cc1ccc(-c2ccc3ncc(N4CCN(Cc5cccnc5)CC4)nc3c2)cc1)c1cccs1. The smallest absolute Gasteiger partial charge is 0.177 e. The average molecular weight is 506 g/mol. The van der Waals surface area contributed by atoms with Gasteiger partial charge in [-0.25, -0.2) is 4.98 Å². The third kappa shape index (κ3) is 5.43. The Kier molecular flexibility index (Phi) is 6.71. The monoisotopic (exact) mass is 505 g/mol. The van der Waals surface area contributed by atoms with Crippen LogP contribution in [0.15, 0.2) is 90.7 Å². The number of ketones is 1. The lowest BCUT2D eigenvalue weighted by Crippen LogP contribution is -2.46. The van der Waals surface area contributed by atoms with Crippen LogP contribution in [0.3, 0.4) is 0 Å². The molecule has 1 aliphatic heterocycles. The van der Waals surface area contributed by atoms with Gasteiger partial charge in [0.25, 0.3) is 0 Å². The predicted molar refractivity (Wildman–Crippen MR) is 149 cm³/mol. The van der Waals surface area contributed by atoms with Crippen molar-refractivity contribution < 1.29 is 4.79 Å². The summed E-state index contributed by atoms with van der Waals surface area (Å²) in [5.74, 6) is 1.09. The van der Waals surface area contributed by atoms with Gasteiger partial charge in [0.1, 0.15) is 5.82 Å². The maximum Gasteiger partial charge on any atom is 0.177 e. The van der Waals surface area contributed by atoms with E-state index in [0.29, 0.717) is 6.42 Å². The number of benzene rings is 2. The molecule has 0 saturated carbocycles. The van der Waals surface area contributed by atoms with Crippen molar-refractivity contribution in [2.45, 2.75) is 13.0 Å². The van der Waals surface area contributed by atoms with Gasteiger partial charge in [-0.05, 0) is 51.9 Å². The molecule has 5 aromatic rings. The minimum absolute atomic E-state index is 0.161. The van der Waals surface area contributed by atoms with Crippen molar-refractivity contribution in [3.8, 4) is 11.1 Å². The Balaban J connectivity index is 1.14. The Bertz CT molecular complexity index is 1490. The summed E-state index contributed by atoms with van der Waals surface area (Å²) in [6, 6.07) is 22.4. The zero-order valence-corrected chi connectivity index (χ0v) is 21.3. The lowest BCUT2D eigenvalue weighted by molar-refractivity contribution is 0.0997. The highest BCUT2D eigenvalue weighted by molar-refractivity contribution is 7.12. The van der Waals surface area contributed by atoms with Crippen molar-refractivity contribution >= 4 is 34.0 Å². The zero-order valence-electron chi connectivity index (χ0n) is 20.5. The van der Waals surface area contributed by atoms with E-state index in [1.54, 1.807) is 0 Å². The molecule has 6 rings (SSSR count). The maximum absolute atomic E-state index is 12.4. The van der Waals surface area contributed by atoms with Crippen LogP contribution in [0.5, 0.6) is 0 Å². The largest absolute Gasteiger partial charge is 0.353 e. The molecule has 7 heteroatoms. The topological polar surface area (TPSA) is 62.2 Å². The molecule has 2 aromatic carbocycles. The number of hydrogen-bond acceptors (Lipinski definition) is 7. The van der Waals surface area contributed by atoms with Crippen LogP contribution in [0.2, 0.25) is 0 Å². The van der Waals surface area contributed by atoms with E-state index in [1.165, 1.54) is 16.9 Å². The van der Waals surface area contributed by atoms with Gasteiger partial charge in [-0.1, -0.05) is 42.5 Å². The van der Waals surface area contributed by atoms with Crippen LogP contribution in [-0.2, 0) is 13.0 Å². The average Bonchev–Trinajstić information content (AvgIpc) is 3.49. The highest BCUT2D eigenvalue weighted by atomic mass is 32.1. The van der Waals surface area contributed by atoms with Crippen LogP contribution in [0.25, 0.3) is 22.2 Å². The van der Waals surface area contributed by atoms with Crippen LogP contribution in [-0.4, -0.2) is 51.8 Å². The highest BCUT2D eigenvalue weighted by Crippen LogP contribution is 2.25. The fourth-order valence-electron chi connectivity index (χ4n) is 4.74. The Morgan fingerprint density at radius 2 is 1.68 bits per heavy atom. The quantitative estimate of drug-likeness (QED) is 0.272. The van der Waals surface area contributed by atoms with Crippen LogP contribution >= 0.6 is 11.3 Å². The summed E-state index contributed by atoms with van der Waals surface area (Å²) in [4.78, 5) is 31.9. The van der Waals surface area contributed by atoms with E-state index < -0.39 is 0 Å². The van der Waals surface area contributed by atoms with Crippen LogP contribution < -0.4 is 4.90 Å². The van der Waals surface area contributed by atoms with Crippen LogP contribution in [0.4, 0.5) is 5.82 Å². The second-order valence-corrected chi connectivity index (χ2v) is 10.3. The molecule has 0 aliphatic carbocycles. The van der Waals surface area contributed by atoms with Gasteiger partial charge < -0.3 is 4.90 Å². The molecule has 1 aliphatic rings. The van der Waals surface area contributed by atoms with E-state index in [4.69, 9.17) is 4.98 Å². The lowest BCUT2D eigenvalue weighted by Gasteiger charge is -2.35. The number of pyridine rings is 1. The molecule has 0 bridgehead atoms. The number of fused-ring (bicyclic) bond motifs is 1. The third-order valence-corrected chi connectivity index (χ3v) is 7.71. The Morgan fingerprint density at radius 1 is 0.838 bits per heavy atom. The molecule has 0 radical (unpaired) electrons. The first-order valence-electron chi connectivity index (χ1n) is 12.5. The molecular formula is C30H27N5OS. The van der Waals surface area contributed by atoms with Gasteiger partial charge in [0.2, 0.25) is 0 Å². The predicted octanol–water partition coefficient (Wildman–Crippen LogP) is 5.50. The van der Waals surface area contributed by atoms with Crippen molar-refractivity contribution in [1.29, 1.82) is 0 Å². The summed E-state index contributed by atoms with van der Waals surface area (Å²) in [7, 11) is 0. The number of rotatable bonds is 7. The van der Waals surface area contributed by atoms with Gasteiger partial charge in [0, 0.05) is 51.5 Å². The first-order valence-corrected chi connectivity index (χ1v) is 13.4. The van der Waals surface area contributed by atoms with E-state index in [9.17, 15) is 4.79 Å². The van der Waals surface area contributed by atoms with E-state index >= 15 is 0 Å². The van der Waals surface area contributed by atoms with Gasteiger partial charge in [0.15, 0.2) is 5.78 Å². The van der Waals surface area contributed by atoms with Gasteiger partial charge in [-0.3, -0.25) is 19.7 Å². The summed E-state index contributed by atoms with van der Waals surface area (Å²) in [6.45, 7) is 4.74. The fourth-order valence-corrected chi connectivity index (χ4v) is 5.41. The first kappa shape index (κ1) is 23.5. The summed E-state index contributed by atoms with van der Waals surface area (Å²) >= 11 is 1.49. The van der Waals surface area contributed by atoms with E-state index in [2.05, 4.69) is 50.1 Å². The van der Waals surface area contributed by atoms with Crippen LogP contribution in [0, 0.1) is 0 Å². The first-order chi connectivity index (χ1) is 18.2. The number of carbonyl (C=O) groups excluding carboxylic acids is 1. The molecule has 37 heavy (non-hydrogen) atoms. The van der Waals surface area contributed by atoms with E-state index in [1.807, 2.05) is 60.4 Å². The zero-order chi connectivity index (χ0) is 25.0. The van der Waals surface area contributed by atoms with Gasteiger partial charge in [-0.15, -0.1) is 11.3 Å². The molecule has 1 saturated heterocycles. The fraction of sp³-hybridized carbons (Fsp3) is 0.200. The number of thiophene rings is 1. The van der Waals surface area contributed by atoms with Gasteiger partial charge in [-0.2, -0.15) is 0 Å². The molecule has 0 unspecified atom stereocenters. The van der Waals surface area contributed by atoms with Crippen LogP contribution in [0.1, 0.15) is 20.8 Å². The highest BCUT2D eigenvalue weighted by Gasteiger charge is 2.19. The standard InChI is InChI=1S/C30H27N5OS/c36-28(29-4-2-16-37-29)17-22-5-7-24(8-6-22)25-9-10-26-27(18-25)33-30(20-32-26)35-14-12-34(13-15-35)21-23-3-1-11-31-19-23/h1-11,16,18-20H,12-15,17,21H2. The van der Waals surface area contributed by atoms with Gasteiger partial charge >= 0.3 is 0 Å². The molecule has 184 valence electrons. The van der Waals surface area contributed by atoms with E-state index in [-0.39, 0.29) is 5.78 Å². The number of aromatic nitrogens is 3. The number of nitrogens with zero attached hydrogens (tertiary/aromatic N) is 5. The van der Waals surface area contributed by atoms with Crippen molar-refractivity contribution in [3.05, 3.63) is 107 Å². The van der Waals surface area contributed by atoms with Gasteiger partial charge in [0.05, 0.1) is 22.1 Å². The van der Waals surface area contributed by atoms with E-state index in [0.717, 1.165) is 71.1 Å². The van der Waals surface area contributed by atoms with Crippen molar-refractivity contribution in [3.63, 3.8) is 0 Å². The summed E-state index contributed by atoms with van der Waals surface area (Å²) in [6.07, 6.45) is 6.06. The molecule has 0 amide bonds. The summed E-state index contributed by atoms with van der Waals surface area (Å²) < 4.78 is 0. The normalized spacial score (nSPS) is 14.2. The maximum atomic E-state index is 12.4. The second-order valence-electron chi connectivity index (χ2n) is 9.33. The summed E-state index contributed by atoms with van der Waals surface area (Å²) in [5.41, 5.74) is 6.25. The molecule has 6 nitrogen and oxygen atoms in total. The molecule has 0 atom stereocenters. The minimum Gasteiger partial charge on any atom is -0.353 e. The number of piperazine rings is 1. The minimum atomic E-state index is 0.161. The second kappa shape index (κ2) is 10.6. The molecule has 0 spiro atoms. The number of anilines is 1. The molecular weight excluding hydrogens is 478 g/mol. The number of carbonyl (C=O) groups is 1. The Morgan fingerprint density at radius 3 is 2.43 bits per heavy atom. The lowest BCUT2D eigenvalue weighted by atomic mass is 10.0. The third-order valence-electron chi connectivity index (χ3n) is 6.80. The van der Waals surface area contributed by atoms with Crippen molar-refractivity contribution in [2.24, 2.45) is 0 Å². The molecule has 4 heterocycles. The van der Waals surface area contributed by atoms with Crippen molar-refractivity contribution in [2.75, 3.05) is 31.1 Å². The number of Topliss-reactive ketones (excluding diaryl/α,β-unsaturated/α-hetero) is 1. The van der Waals surface area contributed by atoms with Crippen molar-refractivity contribution in [1.82, 2.24) is 19.9 Å². The number of hydrogen-bond donors (Lipinski definition) is 0. The molecule has 0 N–H and O–H groups in total.